The summed E-state index contributed by atoms with van der Waals surface area (Å²) in [5, 5.41) is 3.24. The van der Waals surface area contributed by atoms with E-state index in [0.29, 0.717) is 12.8 Å². The maximum atomic E-state index is 12.9. The van der Waals surface area contributed by atoms with Gasteiger partial charge in [-0.1, -0.05) is 29.8 Å². The maximum Gasteiger partial charge on any atom is 0.104 e. The van der Waals surface area contributed by atoms with Crippen LogP contribution in [0, 0.1) is 6.92 Å². The molecule has 1 aromatic rings. The van der Waals surface area contributed by atoms with Crippen molar-refractivity contribution in [2.45, 2.75) is 31.5 Å². The van der Waals surface area contributed by atoms with Crippen molar-refractivity contribution in [3.05, 3.63) is 35.4 Å². The lowest BCUT2D eigenvalue weighted by Gasteiger charge is -2.44. The van der Waals surface area contributed by atoms with Gasteiger partial charge in [0.1, 0.15) is 6.17 Å². The van der Waals surface area contributed by atoms with E-state index in [0.717, 1.165) is 0 Å². The van der Waals surface area contributed by atoms with Gasteiger partial charge in [0.05, 0.1) is 0 Å². The molecule has 0 aromatic heterocycles. The Morgan fingerprint density at radius 3 is 2.29 bits per heavy atom. The predicted molar refractivity (Wildman–Crippen MR) is 56.0 cm³/mol. The summed E-state index contributed by atoms with van der Waals surface area (Å²) >= 11 is 0. The quantitative estimate of drug-likeness (QED) is 0.761. The molecule has 0 aliphatic heterocycles. The molecule has 1 nitrogen and oxygen atoms in total. The number of rotatable bonds is 2. The van der Waals surface area contributed by atoms with Gasteiger partial charge in [-0.2, -0.15) is 0 Å². The summed E-state index contributed by atoms with van der Waals surface area (Å²) in [5.74, 6) is 0. The minimum absolute atomic E-state index is 0.104. The van der Waals surface area contributed by atoms with E-state index in [9.17, 15) is 4.39 Å². The number of nitrogens with one attached hydrogen (secondary N) is 1. The van der Waals surface area contributed by atoms with Crippen LogP contribution < -0.4 is 5.32 Å². The molecule has 0 atom stereocenters. The zero-order valence-electron chi connectivity index (χ0n) is 8.68. The van der Waals surface area contributed by atoms with Gasteiger partial charge in [0.2, 0.25) is 0 Å². The third-order valence-corrected chi connectivity index (χ3v) is 3.22. The number of aryl methyl sites for hydroxylation is 1. The Labute approximate surface area is 84.3 Å². The molecule has 0 heterocycles. The predicted octanol–water partition coefficient (Wildman–Crippen LogP) is 2.54. The van der Waals surface area contributed by atoms with Crippen LogP contribution >= 0.6 is 0 Å². The standard InChI is InChI=1S/C12H16FN/c1-9-3-5-10(6-4-9)12(14-2)7-11(13)8-12/h3-6,11,14H,7-8H2,1-2H3. The van der Waals surface area contributed by atoms with Crippen LogP contribution in [0.5, 0.6) is 0 Å². The molecule has 0 bridgehead atoms. The highest BCUT2D eigenvalue weighted by atomic mass is 19.1. The van der Waals surface area contributed by atoms with Crippen LogP contribution in [0.3, 0.4) is 0 Å². The minimum Gasteiger partial charge on any atom is -0.310 e. The third-order valence-electron chi connectivity index (χ3n) is 3.22. The lowest BCUT2D eigenvalue weighted by Crippen LogP contribution is -2.52. The molecule has 0 amide bonds. The maximum absolute atomic E-state index is 12.9. The van der Waals surface area contributed by atoms with E-state index in [4.69, 9.17) is 0 Å². The normalized spacial score (nSPS) is 31.2. The van der Waals surface area contributed by atoms with Crippen molar-refractivity contribution in [1.82, 2.24) is 5.32 Å². The molecular weight excluding hydrogens is 177 g/mol. The fraction of sp³-hybridized carbons (Fsp3) is 0.500. The molecule has 2 heteroatoms. The van der Waals surface area contributed by atoms with Gasteiger partial charge in [-0.25, -0.2) is 4.39 Å². The molecule has 1 aliphatic carbocycles. The number of hydrogen-bond acceptors (Lipinski definition) is 1. The Morgan fingerprint density at radius 2 is 1.86 bits per heavy atom. The lowest BCUT2D eigenvalue weighted by atomic mass is 9.70. The fourth-order valence-electron chi connectivity index (χ4n) is 2.15. The molecular formula is C12H16FN. The molecule has 14 heavy (non-hydrogen) atoms. The SMILES string of the molecule is CNC1(c2ccc(C)cc2)CC(F)C1. The van der Waals surface area contributed by atoms with Gasteiger partial charge in [0.25, 0.3) is 0 Å². The van der Waals surface area contributed by atoms with Gasteiger partial charge >= 0.3 is 0 Å². The Morgan fingerprint density at radius 1 is 1.29 bits per heavy atom. The van der Waals surface area contributed by atoms with Gasteiger partial charge in [-0.3, -0.25) is 0 Å². The molecule has 0 spiro atoms. The highest BCUT2D eigenvalue weighted by molar-refractivity contribution is 5.30. The van der Waals surface area contributed by atoms with E-state index in [1.807, 2.05) is 7.05 Å². The van der Waals surface area contributed by atoms with Crippen LogP contribution in [0.4, 0.5) is 4.39 Å². The number of hydrogen-bond donors (Lipinski definition) is 1. The molecule has 1 fully saturated rings. The second-order valence-electron chi connectivity index (χ2n) is 4.20. The molecule has 1 saturated carbocycles. The van der Waals surface area contributed by atoms with Crippen LogP contribution in [-0.4, -0.2) is 13.2 Å². The number of halogens is 1. The van der Waals surface area contributed by atoms with Crippen LogP contribution in [-0.2, 0) is 5.54 Å². The zero-order chi connectivity index (χ0) is 10.2. The second kappa shape index (κ2) is 3.35. The fourth-order valence-corrected chi connectivity index (χ4v) is 2.15. The van der Waals surface area contributed by atoms with Crippen molar-refractivity contribution < 1.29 is 4.39 Å². The average Bonchev–Trinajstić information content (AvgIpc) is 2.14. The van der Waals surface area contributed by atoms with Gasteiger partial charge in [0.15, 0.2) is 0 Å². The van der Waals surface area contributed by atoms with Crippen molar-refractivity contribution in [3.63, 3.8) is 0 Å². The highest BCUT2D eigenvalue weighted by Gasteiger charge is 2.44. The second-order valence-corrected chi connectivity index (χ2v) is 4.20. The summed E-state index contributed by atoms with van der Waals surface area (Å²) in [4.78, 5) is 0. The van der Waals surface area contributed by atoms with E-state index < -0.39 is 6.17 Å². The summed E-state index contributed by atoms with van der Waals surface area (Å²) in [7, 11) is 1.91. The molecule has 2 rings (SSSR count). The first-order valence-corrected chi connectivity index (χ1v) is 5.06. The van der Waals surface area contributed by atoms with Gasteiger partial charge < -0.3 is 5.32 Å². The van der Waals surface area contributed by atoms with Gasteiger partial charge in [-0.05, 0) is 19.5 Å². The smallest absolute Gasteiger partial charge is 0.104 e. The minimum atomic E-state index is -0.635. The average molecular weight is 193 g/mol. The Bertz CT molecular complexity index is 312. The first kappa shape index (κ1) is 9.66. The first-order chi connectivity index (χ1) is 6.66. The van der Waals surface area contributed by atoms with Crippen molar-refractivity contribution in [1.29, 1.82) is 0 Å². The largest absolute Gasteiger partial charge is 0.310 e. The van der Waals surface area contributed by atoms with E-state index in [1.165, 1.54) is 11.1 Å². The molecule has 1 aliphatic rings. The van der Waals surface area contributed by atoms with E-state index in [1.54, 1.807) is 0 Å². The van der Waals surface area contributed by atoms with Gasteiger partial charge in [-0.15, -0.1) is 0 Å². The van der Waals surface area contributed by atoms with E-state index >= 15 is 0 Å². The summed E-state index contributed by atoms with van der Waals surface area (Å²) < 4.78 is 12.9. The molecule has 0 radical (unpaired) electrons. The summed E-state index contributed by atoms with van der Waals surface area (Å²) in [5.41, 5.74) is 2.35. The Balaban J connectivity index is 2.25. The van der Waals surface area contributed by atoms with Crippen molar-refractivity contribution in [2.75, 3.05) is 7.05 Å². The Hall–Kier alpha value is -0.890. The van der Waals surface area contributed by atoms with Crippen LogP contribution in [0.25, 0.3) is 0 Å². The molecule has 0 saturated heterocycles. The number of benzene rings is 1. The molecule has 76 valence electrons. The Kier molecular flexibility index (Phi) is 2.31. The monoisotopic (exact) mass is 193 g/mol. The van der Waals surface area contributed by atoms with Crippen LogP contribution in [0.2, 0.25) is 0 Å². The van der Waals surface area contributed by atoms with E-state index in [-0.39, 0.29) is 5.54 Å². The highest BCUT2D eigenvalue weighted by Crippen LogP contribution is 2.42. The third kappa shape index (κ3) is 1.44. The summed E-state index contributed by atoms with van der Waals surface area (Å²) in [6.07, 6.45) is 0.572. The van der Waals surface area contributed by atoms with Crippen molar-refractivity contribution in [2.24, 2.45) is 0 Å². The van der Waals surface area contributed by atoms with Crippen LogP contribution in [0.1, 0.15) is 24.0 Å². The molecule has 1 aromatic carbocycles. The van der Waals surface area contributed by atoms with Crippen molar-refractivity contribution >= 4 is 0 Å². The molecule has 0 unspecified atom stereocenters. The van der Waals surface area contributed by atoms with Gasteiger partial charge in [0, 0.05) is 18.4 Å². The zero-order valence-corrected chi connectivity index (χ0v) is 8.68. The van der Waals surface area contributed by atoms with Crippen LogP contribution in [0.15, 0.2) is 24.3 Å². The summed E-state index contributed by atoms with van der Waals surface area (Å²) in [6.45, 7) is 2.06. The molecule has 1 N–H and O–H groups in total. The van der Waals surface area contributed by atoms with Crippen molar-refractivity contribution in [3.8, 4) is 0 Å². The number of alkyl halides is 1. The lowest BCUT2D eigenvalue weighted by molar-refractivity contribution is 0.0718. The van der Waals surface area contributed by atoms with E-state index in [2.05, 4.69) is 36.5 Å². The topological polar surface area (TPSA) is 12.0 Å². The summed E-state index contributed by atoms with van der Waals surface area (Å²) in [6, 6.07) is 8.36. The first-order valence-electron chi connectivity index (χ1n) is 5.06.